The van der Waals surface area contributed by atoms with Crippen molar-refractivity contribution >= 4 is 5.69 Å². The average molecular weight is 246 g/mol. The summed E-state index contributed by atoms with van der Waals surface area (Å²) in [5.74, 6) is 0.850. The molecule has 2 N–H and O–H groups in total. The van der Waals surface area contributed by atoms with Crippen LogP contribution in [-0.4, -0.2) is 12.6 Å². The van der Waals surface area contributed by atoms with Gasteiger partial charge in [-0.15, -0.1) is 0 Å². The fourth-order valence-electron chi connectivity index (χ4n) is 3.05. The summed E-state index contributed by atoms with van der Waals surface area (Å²) in [6.07, 6.45) is 3.57. The van der Waals surface area contributed by atoms with Crippen molar-refractivity contribution in [3.8, 4) is 0 Å². The van der Waals surface area contributed by atoms with Crippen molar-refractivity contribution in [3.63, 3.8) is 0 Å². The third-order valence-electron chi connectivity index (χ3n) is 4.22. The summed E-state index contributed by atoms with van der Waals surface area (Å²) in [6, 6.07) is 9.44. The summed E-state index contributed by atoms with van der Waals surface area (Å²) in [6.45, 7) is 8.01. The first-order chi connectivity index (χ1) is 8.63. The van der Waals surface area contributed by atoms with E-state index in [4.69, 9.17) is 5.73 Å². The molecule has 0 radical (unpaired) electrons. The molecule has 0 bridgehead atoms. The molecular weight excluding hydrogens is 220 g/mol. The van der Waals surface area contributed by atoms with Gasteiger partial charge in [-0.3, -0.25) is 0 Å². The van der Waals surface area contributed by atoms with Gasteiger partial charge in [0.1, 0.15) is 0 Å². The Bertz CT molecular complexity index is 388. The molecule has 1 aromatic carbocycles. The smallest absolute Gasteiger partial charge is 0.0417 e. The largest absolute Gasteiger partial charge is 0.369 e. The number of nitrogens with zero attached hydrogens (tertiary/aromatic N) is 1. The van der Waals surface area contributed by atoms with Crippen molar-refractivity contribution < 1.29 is 0 Å². The lowest BCUT2D eigenvalue weighted by Gasteiger charge is -2.39. The van der Waals surface area contributed by atoms with E-state index >= 15 is 0 Å². The summed E-state index contributed by atoms with van der Waals surface area (Å²) >= 11 is 0. The van der Waals surface area contributed by atoms with Crippen molar-refractivity contribution in [2.45, 2.75) is 52.1 Å². The average Bonchev–Trinajstić information content (AvgIpc) is 2.38. The summed E-state index contributed by atoms with van der Waals surface area (Å²) in [5, 5.41) is 0. The molecule has 2 nitrogen and oxygen atoms in total. The van der Waals surface area contributed by atoms with Crippen LogP contribution < -0.4 is 10.6 Å². The Morgan fingerprint density at radius 2 is 2.06 bits per heavy atom. The highest BCUT2D eigenvalue weighted by molar-refractivity contribution is 5.56. The Balaban J connectivity index is 2.27. The van der Waals surface area contributed by atoms with Crippen LogP contribution in [0.5, 0.6) is 0 Å². The standard InChI is InChI=1S/C16H26N2/c1-4-15(17)14-7-5-6-8-16(14)18-10-9-12(2)11-13(18)3/h5-8,12-13,15H,4,9-11,17H2,1-3H3/t12?,13?,15-/m0/s1. The van der Waals surface area contributed by atoms with Crippen molar-refractivity contribution in [2.75, 3.05) is 11.4 Å². The zero-order chi connectivity index (χ0) is 13.1. The third kappa shape index (κ3) is 2.69. The van der Waals surface area contributed by atoms with Crippen molar-refractivity contribution in [3.05, 3.63) is 29.8 Å². The molecular formula is C16H26N2. The maximum absolute atomic E-state index is 6.25. The number of piperidine rings is 1. The molecule has 0 aromatic heterocycles. The number of benzene rings is 1. The lowest BCUT2D eigenvalue weighted by molar-refractivity contribution is 0.377. The van der Waals surface area contributed by atoms with E-state index in [2.05, 4.69) is 49.9 Å². The molecule has 1 aliphatic heterocycles. The van der Waals surface area contributed by atoms with Crippen molar-refractivity contribution in [2.24, 2.45) is 11.7 Å². The van der Waals surface area contributed by atoms with Crippen molar-refractivity contribution in [1.29, 1.82) is 0 Å². The number of rotatable bonds is 3. The Morgan fingerprint density at radius 1 is 1.33 bits per heavy atom. The van der Waals surface area contributed by atoms with Gasteiger partial charge in [0.25, 0.3) is 0 Å². The SMILES string of the molecule is CC[C@H](N)c1ccccc1N1CCC(C)CC1C. The topological polar surface area (TPSA) is 29.3 Å². The number of nitrogens with two attached hydrogens (primary N) is 1. The number of para-hydroxylation sites is 1. The Kier molecular flexibility index (Phi) is 4.28. The normalized spacial score (nSPS) is 26.1. The second-order valence-corrected chi connectivity index (χ2v) is 5.75. The van der Waals surface area contributed by atoms with Gasteiger partial charge in [-0.1, -0.05) is 32.0 Å². The first-order valence-corrected chi connectivity index (χ1v) is 7.24. The van der Waals surface area contributed by atoms with Gasteiger partial charge in [-0.05, 0) is 43.7 Å². The minimum absolute atomic E-state index is 0.160. The summed E-state index contributed by atoms with van der Waals surface area (Å²) in [5.41, 5.74) is 8.91. The molecule has 2 rings (SSSR count). The van der Waals surface area contributed by atoms with E-state index in [1.165, 1.54) is 24.1 Å². The molecule has 2 unspecified atom stereocenters. The van der Waals surface area contributed by atoms with Gasteiger partial charge in [0, 0.05) is 24.3 Å². The molecule has 3 atom stereocenters. The summed E-state index contributed by atoms with van der Waals surface area (Å²) < 4.78 is 0. The second kappa shape index (κ2) is 5.75. The zero-order valence-corrected chi connectivity index (χ0v) is 11.9. The van der Waals surface area contributed by atoms with E-state index in [0.29, 0.717) is 6.04 Å². The molecule has 2 heteroatoms. The van der Waals surface area contributed by atoms with Gasteiger partial charge >= 0.3 is 0 Å². The number of hydrogen-bond acceptors (Lipinski definition) is 2. The van der Waals surface area contributed by atoms with Gasteiger partial charge in [-0.25, -0.2) is 0 Å². The highest BCUT2D eigenvalue weighted by Crippen LogP contribution is 2.32. The lowest BCUT2D eigenvalue weighted by Crippen LogP contribution is -2.41. The van der Waals surface area contributed by atoms with Crippen LogP contribution in [0, 0.1) is 5.92 Å². The van der Waals surface area contributed by atoms with Gasteiger partial charge < -0.3 is 10.6 Å². The minimum atomic E-state index is 0.160. The van der Waals surface area contributed by atoms with Crippen molar-refractivity contribution in [1.82, 2.24) is 0 Å². The van der Waals surface area contributed by atoms with Gasteiger partial charge in [-0.2, -0.15) is 0 Å². The van der Waals surface area contributed by atoms with Gasteiger partial charge in [0.15, 0.2) is 0 Å². The fraction of sp³-hybridized carbons (Fsp3) is 0.625. The summed E-state index contributed by atoms with van der Waals surface area (Å²) in [7, 11) is 0. The number of anilines is 1. The van der Waals surface area contributed by atoms with Crippen LogP contribution in [0.4, 0.5) is 5.69 Å². The van der Waals surface area contributed by atoms with E-state index in [1.54, 1.807) is 0 Å². The van der Waals surface area contributed by atoms with E-state index in [0.717, 1.165) is 18.9 Å². The maximum Gasteiger partial charge on any atom is 0.0417 e. The van der Waals surface area contributed by atoms with Crippen LogP contribution >= 0.6 is 0 Å². The zero-order valence-electron chi connectivity index (χ0n) is 11.9. The molecule has 0 amide bonds. The van der Waals surface area contributed by atoms with Crippen LogP contribution in [0.2, 0.25) is 0 Å². The first kappa shape index (κ1) is 13.4. The van der Waals surface area contributed by atoms with E-state index in [1.807, 2.05) is 0 Å². The fourth-order valence-corrected chi connectivity index (χ4v) is 3.05. The molecule has 1 aliphatic rings. The van der Waals surface area contributed by atoms with Gasteiger partial charge in [0.05, 0.1) is 0 Å². The van der Waals surface area contributed by atoms with E-state index in [-0.39, 0.29) is 6.04 Å². The van der Waals surface area contributed by atoms with Crippen LogP contribution in [0.1, 0.15) is 51.6 Å². The monoisotopic (exact) mass is 246 g/mol. The Hall–Kier alpha value is -1.02. The molecule has 1 aromatic rings. The first-order valence-electron chi connectivity index (χ1n) is 7.24. The molecule has 0 spiro atoms. The summed E-state index contributed by atoms with van der Waals surface area (Å²) in [4.78, 5) is 2.55. The third-order valence-corrected chi connectivity index (χ3v) is 4.22. The highest BCUT2D eigenvalue weighted by atomic mass is 15.2. The molecule has 0 aliphatic carbocycles. The number of hydrogen-bond donors (Lipinski definition) is 1. The van der Waals surface area contributed by atoms with Crippen LogP contribution in [0.15, 0.2) is 24.3 Å². The quantitative estimate of drug-likeness (QED) is 0.880. The van der Waals surface area contributed by atoms with Crippen LogP contribution in [0.3, 0.4) is 0 Å². The van der Waals surface area contributed by atoms with Crippen LogP contribution in [0.25, 0.3) is 0 Å². The maximum atomic E-state index is 6.25. The molecule has 18 heavy (non-hydrogen) atoms. The minimum Gasteiger partial charge on any atom is -0.369 e. The molecule has 1 heterocycles. The lowest BCUT2D eigenvalue weighted by atomic mass is 9.91. The Labute approximate surface area is 111 Å². The van der Waals surface area contributed by atoms with E-state index < -0.39 is 0 Å². The second-order valence-electron chi connectivity index (χ2n) is 5.75. The predicted molar refractivity (Wildman–Crippen MR) is 78.9 cm³/mol. The molecule has 0 saturated carbocycles. The molecule has 100 valence electrons. The predicted octanol–water partition coefficient (Wildman–Crippen LogP) is 3.72. The molecule has 1 saturated heterocycles. The van der Waals surface area contributed by atoms with Crippen LogP contribution in [-0.2, 0) is 0 Å². The molecule has 1 fully saturated rings. The van der Waals surface area contributed by atoms with E-state index in [9.17, 15) is 0 Å². The highest BCUT2D eigenvalue weighted by Gasteiger charge is 2.25. The Morgan fingerprint density at radius 3 is 2.72 bits per heavy atom. The van der Waals surface area contributed by atoms with Gasteiger partial charge in [0.2, 0.25) is 0 Å².